The van der Waals surface area contributed by atoms with Gasteiger partial charge >= 0.3 is 47.6 Å². The fraction of sp³-hybridized carbons (Fsp3) is 1.00. The van der Waals surface area contributed by atoms with Gasteiger partial charge in [0.25, 0.3) is 0 Å². The van der Waals surface area contributed by atoms with E-state index in [1.807, 2.05) is 0 Å². The van der Waals surface area contributed by atoms with Crippen LogP contribution in [0, 0.1) is 0 Å². The first-order valence-corrected chi connectivity index (χ1v) is 9.08. The largest absolute Gasteiger partial charge is 0.460 e. The van der Waals surface area contributed by atoms with Gasteiger partial charge in [-0.1, -0.05) is 39.0 Å². The van der Waals surface area contributed by atoms with E-state index in [9.17, 15) is 79.0 Å². The fourth-order valence-electron chi connectivity index (χ4n) is 2.48. The monoisotopic (exact) mass is 550 g/mol. The van der Waals surface area contributed by atoms with Crippen molar-refractivity contribution in [2.45, 2.75) is 99.3 Å². The zero-order valence-electron chi connectivity index (χ0n) is 16.6. The van der Waals surface area contributed by atoms with E-state index in [4.69, 9.17) is 0 Å². The molecular weight excluding hydrogens is 534 g/mol. The summed E-state index contributed by atoms with van der Waals surface area (Å²) in [5.74, 6) is -57.5. The Bertz CT molecular complexity index is 661. The Morgan fingerprint density at radius 3 is 1.12 bits per heavy atom. The van der Waals surface area contributed by atoms with Crippen molar-refractivity contribution in [1.82, 2.24) is 0 Å². The van der Waals surface area contributed by atoms with Crippen LogP contribution >= 0.6 is 0 Å². The second-order valence-electron chi connectivity index (χ2n) is 7.24. The molecule has 0 spiro atoms. The summed E-state index contributed by atoms with van der Waals surface area (Å²) < 4.78 is 236. The van der Waals surface area contributed by atoms with Crippen LogP contribution < -0.4 is 0 Å². The number of unbranched alkanes of at least 4 members (excludes halogenated alkanes) is 4. The van der Waals surface area contributed by atoms with Crippen molar-refractivity contribution in [2.24, 2.45) is 0 Å². The average Bonchev–Trinajstić information content (AvgIpc) is 2.65. The summed E-state index contributed by atoms with van der Waals surface area (Å²) in [6.07, 6.45) is -13.8. The van der Waals surface area contributed by atoms with Crippen LogP contribution in [0.4, 0.5) is 79.0 Å². The Kier molecular flexibility index (Phi) is 9.30. The highest BCUT2D eigenvalue weighted by molar-refractivity contribution is 5.15. The Balaban J connectivity index is 6.30. The second-order valence-corrected chi connectivity index (χ2v) is 7.24. The molecule has 34 heavy (non-hydrogen) atoms. The lowest BCUT2D eigenvalue weighted by Gasteiger charge is -2.43. The Labute approximate surface area is 179 Å². The van der Waals surface area contributed by atoms with Crippen molar-refractivity contribution in [1.29, 1.82) is 0 Å². The molecule has 0 aliphatic rings. The standard InChI is InChI=1S/C16H16F18/c1-2-3-4-5-6-7-8(17)9(18,19)10(20,21)11(22,23)12(24,25)13(26,27)14(28,29)15(30,31)16(32,33)34/h8H,2-7H2,1H3. The van der Waals surface area contributed by atoms with Crippen LogP contribution in [0.3, 0.4) is 0 Å². The molecule has 0 fully saturated rings. The molecule has 0 aromatic rings. The van der Waals surface area contributed by atoms with Crippen molar-refractivity contribution in [3.05, 3.63) is 0 Å². The molecule has 206 valence electrons. The van der Waals surface area contributed by atoms with E-state index in [1.165, 1.54) is 0 Å². The van der Waals surface area contributed by atoms with Gasteiger partial charge < -0.3 is 0 Å². The summed E-state index contributed by atoms with van der Waals surface area (Å²) >= 11 is 0. The van der Waals surface area contributed by atoms with E-state index in [1.54, 1.807) is 6.92 Å². The van der Waals surface area contributed by atoms with E-state index in [0.717, 1.165) is 0 Å². The van der Waals surface area contributed by atoms with Crippen molar-refractivity contribution in [3.63, 3.8) is 0 Å². The van der Waals surface area contributed by atoms with Crippen molar-refractivity contribution >= 4 is 0 Å². The van der Waals surface area contributed by atoms with Gasteiger partial charge in [-0.3, -0.25) is 0 Å². The third-order valence-corrected chi connectivity index (χ3v) is 4.70. The van der Waals surface area contributed by atoms with Crippen LogP contribution in [-0.2, 0) is 0 Å². The Morgan fingerprint density at radius 1 is 0.441 bits per heavy atom. The first-order chi connectivity index (χ1) is 14.7. The number of rotatable bonds is 13. The minimum atomic E-state index is -8.70. The van der Waals surface area contributed by atoms with Crippen molar-refractivity contribution < 1.29 is 79.0 Å². The summed E-state index contributed by atoms with van der Waals surface area (Å²) in [4.78, 5) is 0. The minimum absolute atomic E-state index is 0.167. The predicted octanol–water partition coefficient (Wildman–Crippen LogP) is 8.69. The molecule has 0 rings (SSSR count). The molecule has 0 heterocycles. The first kappa shape index (κ1) is 32.7. The smallest absolute Gasteiger partial charge is 0.241 e. The number of hydrogen-bond donors (Lipinski definition) is 0. The van der Waals surface area contributed by atoms with Gasteiger partial charge in [-0.25, -0.2) is 4.39 Å². The highest BCUT2D eigenvalue weighted by Gasteiger charge is 2.95. The van der Waals surface area contributed by atoms with Gasteiger partial charge in [-0.15, -0.1) is 0 Å². The lowest BCUT2D eigenvalue weighted by Crippen LogP contribution is -2.75. The second kappa shape index (κ2) is 9.65. The fourth-order valence-corrected chi connectivity index (χ4v) is 2.48. The summed E-state index contributed by atoms with van der Waals surface area (Å²) in [7, 11) is 0. The maximum Gasteiger partial charge on any atom is 0.460 e. The SMILES string of the molecule is CCCCCCCC(F)C(F)(F)C(F)(F)C(F)(F)C(F)(F)C(F)(F)C(F)(F)C(F)(F)C(F)(F)F. The summed E-state index contributed by atoms with van der Waals surface area (Å²) in [5.41, 5.74) is 0. The van der Waals surface area contributed by atoms with Gasteiger partial charge in [0.1, 0.15) is 0 Å². The molecule has 1 atom stereocenters. The lowest BCUT2D eigenvalue weighted by molar-refractivity contribution is -0.463. The maximum absolute atomic E-state index is 13.6. The van der Waals surface area contributed by atoms with E-state index < -0.39 is 66.6 Å². The zero-order valence-corrected chi connectivity index (χ0v) is 16.6. The first-order valence-electron chi connectivity index (χ1n) is 9.08. The molecule has 1 unspecified atom stereocenters. The topological polar surface area (TPSA) is 0 Å². The highest BCUT2D eigenvalue weighted by Crippen LogP contribution is 2.64. The third kappa shape index (κ3) is 4.87. The molecule has 0 aromatic heterocycles. The van der Waals surface area contributed by atoms with Gasteiger partial charge in [0.15, 0.2) is 6.17 Å². The highest BCUT2D eigenvalue weighted by atomic mass is 19.4. The molecule has 0 aromatic carbocycles. The summed E-state index contributed by atoms with van der Waals surface area (Å²) in [5, 5.41) is 0. The van der Waals surface area contributed by atoms with Crippen LogP contribution in [0.15, 0.2) is 0 Å². The Hall–Kier alpha value is -1.26. The molecule has 18 heteroatoms. The molecule has 0 nitrogen and oxygen atoms in total. The number of halogens is 18. The molecule has 0 aliphatic heterocycles. The van der Waals surface area contributed by atoms with Gasteiger partial charge in [0.2, 0.25) is 0 Å². The zero-order chi connectivity index (χ0) is 27.8. The summed E-state index contributed by atoms with van der Waals surface area (Å²) in [6, 6.07) is 0. The molecule has 0 saturated carbocycles. The van der Waals surface area contributed by atoms with E-state index in [-0.39, 0.29) is 12.8 Å². The lowest BCUT2D eigenvalue weighted by atomic mass is 9.87. The molecule has 0 amide bonds. The minimum Gasteiger partial charge on any atom is -0.241 e. The summed E-state index contributed by atoms with van der Waals surface area (Å²) in [6.45, 7) is 1.64. The van der Waals surface area contributed by atoms with E-state index in [0.29, 0.717) is 12.8 Å². The third-order valence-electron chi connectivity index (χ3n) is 4.70. The van der Waals surface area contributed by atoms with Crippen molar-refractivity contribution in [3.8, 4) is 0 Å². The van der Waals surface area contributed by atoms with Crippen LogP contribution in [0.5, 0.6) is 0 Å². The van der Waals surface area contributed by atoms with Crippen molar-refractivity contribution in [2.75, 3.05) is 0 Å². The van der Waals surface area contributed by atoms with Crippen LogP contribution in [0.25, 0.3) is 0 Å². The number of alkyl halides is 18. The Morgan fingerprint density at radius 2 is 0.765 bits per heavy atom. The average molecular weight is 550 g/mol. The molecule has 0 saturated heterocycles. The molecule has 0 N–H and O–H groups in total. The van der Waals surface area contributed by atoms with Gasteiger partial charge in [0, 0.05) is 0 Å². The van der Waals surface area contributed by atoms with E-state index in [2.05, 4.69) is 0 Å². The maximum atomic E-state index is 13.6. The quantitative estimate of drug-likeness (QED) is 0.159. The van der Waals surface area contributed by atoms with Gasteiger partial charge in [0.05, 0.1) is 0 Å². The normalized spacial score (nSPS) is 16.7. The van der Waals surface area contributed by atoms with Crippen LogP contribution in [-0.4, -0.2) is 53.8 Å². The molecular formula is C16H16F18. The molecule has 0 aliphatic carbocycles. The van der Waals surface area contributed by atoms with E-state index >= 15 is 0 Å². The molecule has 0 radical (unpaired) electrons. The van der Waals surface area contributed by atoms with Gasteiger partial charge in [-0.05, 0) is 6.42 Å². The van der Waals surface area contributed by atoms with Gasteiger partial charge in [-0.2, -0.15) is 74.6 Å². The van der Waals surface area contributed by atoms with Crippen LogP contribution in [0.2, 0.25) is 0 Å². The molecule has 0 bridgehead atoms. The van der Waals surface area contributed by atoms with Crippen LogP contribution in [0.1, 0.15) is 45.4 Å². The predicted molar refractivity (Wildman–Crippen MR) is 79.0 cm³/mol. The number of hydrogen-bond acceptors (Lipinski definition) is 0.